The molecular formula is C14H15NO4S. The van der Waals surface area contributed by atoms with E-state index in [1.54, 1.807) is 0 Å². The lowest BCUT2D eigenvalue weighted by molar-refractivity contribution is 0.0647. The van der Waals surface area contributed by atoms with Gasteiger partial charge >= 0.3 is 5.97 Å². The number of ether oxygens (including phenoxy) is 1. The Labute approximate surface area is 120 Å². The third-order valence-electron chi connectivity index (χ3n) is 2.51. The second-order valence-corrected chi connectivity index (χ2v) is 5.15. The van der Waals surface area contributed by atoms with Crippen molar-refractivity contribution < 1.29 is 19.2 Å². The molecule has 2 aromatic rings. The number of aromatic carboxylic acids is 1. The molecule has 0 atom stereocenters. The maximum absolute atomic E-state index is 11.2. The molecule has 20 heavy (non-hydrogen) atoms. The van der Waals surface area contributed by atoms with Crippen LogP contribution in [0.25, 0.3) is 0 Å². The van der Waals surface area contributed by atoms with E-state index in [1.165, 1.54) is 11.8 Å². The molecule has 0 aliphatic carbocycles. The first-order chi connectivity index (χ1) is 9.72. The summed E-state index contributed by atoms with van der Waals surface area (Å²) >= 11 is 1.27. The smallest absolute Gasteiger partial charge is 0.376 e. The Morgan fingerprint density at radius 1 is 1.40 bits per heavy atom. The molecule has 1 aromatic carbocycles. The van der Waals surface area contributed by atoms with Gasteiger partial charge in [-0.2, -0.15) is 0 Å². The summed E-state index contributed by atoms with van der Waals surface area (Å²) in [6.07, 6.45) is 1.87. The highest BCUT2D eigenvalue weighted by Crippen LogP contribution is 2.37. The van der Waals surface area contributed by atoms with Gasteiger partial charge in [-0.15, -0.1) is 0 Å². The van der Waals surface area contributed by atoms with E-state index in [4.69, 9.17) is 14.4 Å². The molecule has 1 N–H and O–H groups in total. The average Bonchev–Trinajstić information content (AvgIpc) is 2.84. The molecule has 0 unspecified atom stereocenters. The minimum Gasteiger partial charge on any atom is -0.475 e. The summed E-state index contributed by atoms with van der Waals surface area (Å²) in [6.45, 7) is 2.54. The molecule has 0 bridgehead atoms. The lowest BCUT2D eigenvalue weighted by Crippen LogP contribution is -1.99. The van der Waals surface area contributed by atoms with E-state index in [2.05, 4.69) is 12.1 Å². The summed E-state index contributed by atoms with van der Waals surface area (Å²) in [5.41, 5.74) is 0. The van der Waals surface area contributed by atoms with Gasteiger partial charge in [-0.3, -0.25) is 0 Å². The van der Waals surface area contributed by atoms with E-state index in [9.17, 15) is 4.79 Å². The minimum absolute atomic E-state index is 0.189. The van der Waals surface area contributed by atoms with Crippen molar-refractivity contribution in [3.05, 3.63) is 36.1 Å². The minimum atomic E-state index is -1.15. The number of carboxylic acid groups (broad SMARTS) is 1. The van der Waals surface area contributed by atoms with E-state index in [0.29, 0.717) is 11.5 Å². The molecule has 1 heterocycles. The first-order valence-electron chi connectivity index (χ1n) is 6.31. The lowest BCUT2D eigenvalue weighted by atomic mass is 10.4. The fourth-order valence-electron chi connectivity index (χ4n) is 1.50. The third-order valence-corrected chi connectivity index (χ3v) is 3.59. The molecule has 0 aliphatic rings. The zero-order valence-electron chi connectivity index (χ0n) is 11.0. The predicted octanol–water partition coefficient (Wildman–Crippen LogP) is 3.70. The number of hydrogen-bond acceptors (Lipinski definition) is 5. The average molecular weight is 293 g/mol. The van der Waals surface area contributed by atoms with Gasteiger partial charge in [0.15, 0.2) is 0 Å². The molecule has 0 spiro atoms. The van der Waals surface area contributed by atoms with Crippen molar-refractivity contribution in [3.8, 4) is 5.88 Å². The highest BCUT2D eigenvalue weighted by molar-refractivity contribution is 7.99. The van der Waals surface area contributed by atoms with Crippen LogP contribution >= 0.6 is 11.8 Å². The van der Waals surface area contributed by atoms with Crippen LogP contribution in [0, 0.1) is 0 Å². The number of aromatic nitrogens is 1. The maximum atomic E-state index is 11.2. The Morgan fingerprint density at radius 2 is 2.15 bits per heavy atom. The molecule has 0 radical (unpaired) electrons. The SMILES string of the molecule is CCCCOc1noc(C(=O)O)c1Sc1ccccc1. The fraction of sp³-hybridized carbons (Fsp3) is 0.286. The van der Waals surface area contributed by atoms with Crippen LogP contribution in [-0.2, 0) is 0 Å². The molecule has 1 aromatic heterocycles. The van der Waals surface area contributed by atoms with Gasteiger partial charge in [0, 0.05) is 4.90 Å². The highest BCUT2D eigenvalue weighted by Gasteiger charge is 2.24. The number of nitrogens with zero attached hydrogens (tertiary/aromatic N) is 1. The van der Waals surface area contributed by atoms with Crippen molar-refractivity contribution in [2.45, 2.75) is 29.6 Å². The van der Waals surface area contributed by atoms with Gasteiger partial charge in [0.1, 0.15) is 4.90 Å². The van der Waals surface area contributed by atoms with E-state index in [0.717, 1.165) is 17.7 Å². The van der Waals surface area contributed by atoms with Crippen LogP contribution in [0.15, 0.2) is 44.6 Å². The molecule has 0 aliphatic heterocycles. The van der Waals surface area contributed by atoms with Crippen molar-refractivity contribution in [2.24, 2.45) is 0 Å². The summed E-state index contributed by atoms with van der Waals surface area (Å²) in [7, 11) is 0. The molecule has 2 rings (SSSR count). The van der Waals surface area contributed by atoms with Crippen LogP contribution in [-0.4, -0.2) is 22.8 Å². The molecule has 5 nitrogen and oxygen atoms in total. The number of unbranched alkanes of at least 4 members (excludes halogenated alkanes) is 1. The van der Waals surface area contributed by atoms with Gasteiger partial charge in [0.25, 0.3) is 11.6 Å². The quantitative estimate of drug-likeness (QED) is 0.785. The summed E-state index contributed by atoms with van der Waals surface area (Å²) in [5, 5.41) is 12.8. The predicted molar refractivity (Wildman–Crippen MR) is 74.4 cm³/mol. The third kappa shape index (κ3) is 3.54. The molecule has 0 saturated heterocycles. The first-order valence-corrected chi connectivity index (χ1v) is 7.12. The zero-order valence-corrected chi connectivity index (χ0v) is 11.9. The zero-order chi connectivity index (χ0) is 14.4. The Balaban J connectivity index is 2.22. The maximum Gasteiger partial charge on any atom is 0.376 e. The Hall–Kier alpha value is -1.95. The number of hydrogen-bond donors (Lipinski definition) is 1. The van der Waals surface area contributed by atoms with Crippen molar-refractivity contribution in [1.82, 2.24) is 5.16 Å². The lowest BCUT2D eigenvalue weighted by Gasteiger charge is -2.04. The monoisotopic (exact) mass is 293 g/mol. The normalized spacial score (nSPS) is 10.4. The van der Waals surface area contributed by atoms with Gasteiger partial charge in [-0.05, 0) is 23.7 Å². The van der Waals surface area contributed by atoms with Crippen LogP contribution in [0.2, 0.25) is 0 Å². The Bertz CT molecular complexity index is 568. The molecule has 0 saturated carbocycles. The van der Waals surface area contributed by atoms with Crippen LogP contribution < -0.4 is 4.74 Å². The van der Waals surface area contributed by atoms with Gasteiger partial charge < -0.3 is 14.4 Å². The number of benzene rings is 1. The molecule has 6 heteroatoms. The standard InChI is InChI=1S/C14H15NO4S/c1-2-3-9-18-13-12(11(14(16)17)19-15-13)20-10-7-5-4-6-8-10/h4-8H,2-3,9H2,1H3,(H,16,17). The Kier molecular flexibility index (Phi) is 5.06. The van der Waals surface area contributed by atoms with Gasteiger partial charge in [0.2, 0.25) is 0 Å². The summed E-state index contributed by atoms with van der Waals surface area (Å²) in [5.74, 6) is -1.10. The topological polar surface area (TPSA) is 72.6 Å². The molecule has 0 fully saturated rings. The largest absolute Gasteiger partial charge is 0.475 e. The number of rotatable bonds is 7. The van der Waals surface area contributed by atoms with E-state index in [-0.39, 0.29) is 11.6 Å². The van der Waals surface area contributed by atoms with E-state index in [1.807, 2.05) is 30.3 Å². The first kappa shape index (κ1) is 14.5. The van der Waals surface area contributed by atoms with Crippen LogP contribution in [0.4, 0.5) is 0 Å². The van der Waals surface area contributed by atoms with Gasteiger partial charge in [-0.25, -0.2) is 4.79 Å². The van der Waals surface area contributed by atoms with Crippen molar-refractivity contribution in [3.63, 3.8) is 0 Å². The molecular weight excluding hydrogens is 278 g/mol. The van der Waals surface area contributed by atoms with Crippen LogP contribution in [0.1, 0.15) is 30.3 Å². The van der Waals surface area contributed by atoms with Crippen molar-refractivity contribution >= 4 is 17.7 Å². The molecule has 106 valence electrons. The van der Waals surface area contributed by atoms with Crippen LogP contribution in [0.5, 0.6) is 5.88 Å². The molecule has 0 amide bonds. The second-order valence-electron chi connectivity index (χ2n) is 4.07. The summed E-state index contributed by atoms with van der Waals surface area (Å²) < 4.78 is 10.4. The van der Waals surface area contributed by atoms with Gasteiger partial charge in [-0.1, -0.05) is 43.3 Å². The number of carboxylic acids is 1. The highest BCUT2D eigenvalue weighted by atomic mass is 32.2. The fourth-order valence-corrected chi connectivity index (χ4v) is 2.43. The Morgan fingerprint density at radius 3 is 2.80 bits per heavy atom. The van der Waals surface area contributed by atoms with Crippen molar-refractivity contribution in [2.75, 3.05) is 6.61 Å². The second kappa shape index (κ2) is 7.00. The van der Waals surface area contributed by atoms with E-state index < -0.39 is 5.97 Å². The summed E-state index contributed by atoms with van der Waals surface area (Å²) in [6, 6.07) is 9.44. The van der Waals surface area contributed by atoms with Crippen molar-refractivity contribution in [1.29, 1.82) is 0 Å². The van der Waals surface area contributed by atoms with Crippen LogP contribution in [0.3, 0.4) is 0 Å². The number of carbonyl (C=O) groups is 1. The summed E-state index contributed by atoms with van der Waals surface area (Å²) in [4.78, 5) is 12.5. The van der Waals surface area contributed by atoms with E-state index >= 15 is 0 Å². The van der Waals surface area contributed by atoms with Gasteiger partial charge in [0.05, 0.1) is 6.61 Å².